The summed E-state index contributed by atoms with van der Waals surface area (Å²) in [5.41, 5.74) is 4.70. The van der Waals surface area contributed by atoms with Crippen molar-refractivity contribution in [2.24, 2.45) is 0 Å². The lowest BCUT2D eigenvalue weighted by atomic mass is 10.1. The number of aliphatic carboxylic acids is 1. The topological polar surface area (TPSA) is 80.4 Å². The van der Waals surface area contributed by atoms with Crippen LogP contribution in [0.4, 0.5) is 0 Å². The summed E-state index contributed by atoms with van der Waals surface area (Å²) in [6.07, 6.45) is 3.37. The normalized spacial score (nSPS) is 11.0. The van der Waals surface area contributed by atoms with Crippen molar-refractivity contribution >= 4 is 11.6 Å². The minimum absolute atomic E-state index is 0.0505. The lowest BCUT2D eigenvalue weighted by Gasteiger charge is -2.08. The molecule has 0 radical (unpaired) electrons. The fourth-order valence-electron chi connectivity index (χ4n) is 2.40. The first kappa shape index (κ1) is 13.2. The van der Waals surface area contributed by atoms with Crippen LogP contribution in [0, 0.1) is 13.8 Å². The van der Waals surface area contributed by atoms with Crippen LogP contribution < -0.4 is 0 Å². The highest BCUT2D eigenvalue weighted by Gasteiger charge is 2.15. The van der Waals surface area contributed by atoms with Gasteiger partial charge in [-0.2, -0.15) is 5.10 Å². The molecule has 0 saturated carbocycles. The molecule has 6 nitrogen and oxygen atoms in total. The monoisotopic (exact) mass is 282 g/mol. The van der Waals surface area contributed by atoms with Crippen LogP contribution in [-0.4, -0.2) is 30.7 Å². The van der Waals surface area contributed by atoms with Crippen LogP contribution in [0.3, 0.4) is 0 Å². The summed E-state index contributed by atoms with van der Waals surface area (Å²) in [5.74, 6) is -0.871. The number of hydrogen-bond acceptors (Lipinski definition) is 4. The average Bonchev–Trinajstić information content (AvgIpc) is 2.88. The predicted molar refractivity (Wildman–Crippen MR) is 77.0 cm³/mol. The number of hydrogen-bond donors (Lipinski definition) is 1. The maximum absolute atomic E-state index is 11.0. The van der Waals surface area contributed by atoms with Gasteiger partial charge in [0.25, 0.3) is 0 Å². The van der Waals surface area contributed by atoms with Gasteiger partial charge >= 0.3 is 5.97 Å². The molecule has 0 aliphatic rings. The van der Waals surface area contributed by atoms with E-state index in [4.69, 9.17) is 5.11 Å². The van der Waals surface area contributed by atoms with Gasteiger partial charge in [0.2, 0.25) is 0 Å². The minimum Gasteiger partial charge on any atom is -0.481 e. The van der Waals surface area contributed by atoms with Crippen molar-refractivity contribution in [3.05, 3.63) is 47.5 Å². The van der Waals surface area contributed by atoms with Crippen LogP contribution in [0.5, 0.6) is 0 Å². The third-order valence-corrected chi connectivity index (χ3v) is 3.47. The molecular formula is C15H14N4O2. The predicted octanol–water partition coefficient (Wildman–Crippen LogP) is 2.04. The average molecular weight is 282 g/mol. The summed E-state index contributed by atoms with van der Waals surface area (Å²) < 4.78 is 1.70. The molecule has 0 spiro atoms. The molecule has 0 unspecified atom stereocenters. The van der Waals surface area contributed by atoms with Crippen LogP contribution in [0.25, 0.3) is 16.9 Å². The van der Waals surface area contributed by atoms with Crippen molar-refractivity contribution in [1.29, 1.82) is 0 Å². The molecule has 0 amide bonds. The molecule has 3 aromatic heterocycles. The SMILES string of the molecule is Cc1nc2cc(-c3ccncc3)nn2c(C)c1CC(=O)O. The van der Waals surface area contributed by atoms with E-state index >= 15 is 0 Å². The number of aromatic nitrogens is 4. The first-order valence-corrected chi connectivity index (χ1v) is 6.54. The smallest absolute Gasteiger partial charge is 0.307 e. The largest absolute Gasteiger partial charge is 0.481 e. The molecule has 0 atom stereocenters. The molecule has 0 fully saturated rings. The molecule has 0 bridgehead atoms. The molecule has 3 rings (SSSR count). The van der Waals surface area contributed by atoms with Crippen molar-refractivity contribution < 1.29 is 9.90 Å². The Balaban J connectivity index is 2.18. The summed E-state index contributed by atoms with van der Waals surface area (Å²) >= 11 is 0. The number of pyridine rings is 1. The Bertz CT molecular complexity index is 825. The summed E-state index contributed by atoms with van der Waals surface area (Å²) in [5, 5.41) is 13.5. The van der Waals surface area contributed by atoms with E-state index in [2.05, 4.69) is 15.1 Å². The Labute approximate surface area is 121 Å². The van der Waals surface area contributed by atoms with E-state index in [0.29, 0.717) is 11.2 Å². The number of rotatable bonds is 3. The molecule has 0 aliphatic heterocycles. The summed E-state index contributed by atoms with van der Waals surface area (Å²) in [4.78, 5) is 19.4. The molecule has 0 aromatic carbocycles. The molecule has 0 aliphatic carbocycles. The number of fused-ring (bicyclic) bond motifs is 1. The highest BCUT2D eigenvalue weighted by atomic mass is 16.4. The Kier molecular flexibility index (Phi) is 3.13. The number of aryl methyl sites for hydroxylation is 2. The Morgan fingerprint density at radius 3 is 2.67 bits per heavy atom. The van der Waals surface area contributed by atoms with Gasteiger partial charge in [0.15, 0.2) is 5.65 Å². The molecular weight excluding hydrogens is 268 g/mol. The number of carboxylic acid groups (broad SMARTS) is 1. The number of nitrogens with zero attached hydrogens (tertiary/aromatic N) is 4. The lowest BCUT2D eigenvalue weighted by molar-refractivity contribution is -0.136. The van der Waals surface area contributed by atoms with E-state index in [9.17, 15) is 4.79 Å². The van der Waals surface area contributed by atoms with Gasteiger partial charge in [-0.1, -0.05) is 0 Å². The van der Waals surface area contributed by atoms with Crippen molar-refractivity contribution in [1.82, 2.24) is 19.6 Å². The van der Waals surface area contributed by atoms with Crippen molar-refractivity contribution in [3.63, 3.8) is 0 Å². The maximum atomic E-state index is 11.0. The quantitative estimate of drug-likeness (QED) is 0.795. The molecule has 21 heavy (non-hydrogen) atoms. The highest BCUT2D eigenvalue weighted by Crippen LogP contribution is 2.21. The standard InChI is InChI=1S/C15H14N4O2/c1-9-12(7-15(20)21)10(2)19-14(17-9)8-13(18-19)11-3-5-16-6-4-11/h3-6,8H,7H2,1-2H3,(H,20,21). The second-order valence-corrected chi connectivity index (χ2v) is 4.87. The van der Waals surface area contributed by atoms with Gasteiger partial charge in [0.1, 0.15) is 0 Å². The van der Waals surface area contributed by atoms with Gasteiger partial charge in [0.05, 0.1) is 12.1 Å². The van der Waals surface area contributed by atoms with Crippen LogP contribution in [0.1, 0.15) is 17.0 Å². The molecule has 6 heteroatoms. The first-order valence-electron chi connectivity index (χ1n) is 6.54. The molecule has 3 heterocycles. The first-order chi connectivity index (χ1) is 10.1. The fourth-order valence-corrected chi connectivity index (χ4v) is 2.40. The summed E-state index contributed by atoms with van der Waals surface area (Å²) in [6.45, 7) is 3.69. The third kappa shape index (κ3) is 2.35. The Morgan fingerprint density at radius 1 is 1.29 bits per heavy atom. The molecule has 1 N–H and O–H groups in total. The van der Waals surface area contributed by atoms with Crippen molar-refractivity contribution in [2.45, 2.75) is 20.3 Å². The van der Waals surface area contributed by atoms with Crippen LogP contribution >= 0.6 is 0 Å². The highest BCUT2D eigenvalue weighted by molar-refractivity contribution is 5.71. The zero-order valence-electron chi connectivity index (χ0n) is 11.7. The number of carboxylic acids is 1. The molecule has 3 aromatic rings. The van der Waals surface area contributed by atoms with Gasteiger partial charge in [-0.05, 0) is 26.0 Å². The maximum Gasteiger partial charge on any atom is 0.307 e. The van der Waals surface area contributed by atoms with Crippen molar-refractivity contribution in [3.8, 4) is 11.3 Å². The van der Waals surface area contributed by atoms with Crippen LogP contribution in [0.15, 0.2) is 30.6 Å². The zero-order chi connectivity index (χ0) is 15.0. The summed E-state index contributed by atoms with van der Waals surface area (Å²) in [6, 6.07) is 5.64. The zero-order valence-corrected chi connectivity index (χ0v) is 11.7. The van der Waals surface area contributed by atoms with Gasteiger partial charge in [-0.25, -0.2) is 9.50 Å². The minimum atomic E-state index is -0.871. The second-order valence-electron chi connectivity index (χ2n) is 4.87. The van der Waals surface area contributed by atoms with E-state index in [1.54, 1.807) is 16.9 Å². The van der Waals surface area contributed by atoms with Crippen molar-refractivity contribution in [2.75, 3.05) is 0 Å². The van der Waals surface area contributed by atoms with E-state index in [1.807, 2.05) is 32.0 Å². The van der Waals surface area contributed by atoms with E-state index < -0.39 is 5.97 Å². The van der Waals surface area contributed by atoms with Crippen LogP contribution in [0.2, 0.25) is 0 Å². The lowest BCUT2D eigenvalue weighted by Crippen LogP contribution is -2.10. The van der Waals surface area contributed by atoms with Gasteiger partial charge in [-0.3, -0.25) is 9.78 Å². The number of carbonyl (C=O) groups is 1. The van der Waals surface area contributed by atoms with Gasteiger partial charge in [-0.15, -0.1) is 0 Å². The Morgan fingerprint density at radius 2 is 2.00 bits per heavy atom. The third-order valence-electron chi connectivity index (χ3n) is 3.47. The molecule has 106 valence electrons. The van der Waals surface area contributed by atoms with Gasteiger partial charge < -0.3 is 5.11 Å². The second kappa shape index (κ2) is 4.97. The summed E-state index contributed by atoms with van der Waals surface area (Å²) in [7, 11) is 0. The van der Waals surface area contributed by atoms with E-state index in [1.165, 1.54) is 0 Å². The fraction of sp³-hybridized carbons (Fsp3) is 0.200. The van der Waals surface area contributed by atoms with E-state index in [-0.39, 0.29) is 6.42 Å². The Hall–Kier alpha value is -2.76. The van der Waals surface area contributed by atoms with Crippen LogP contribution in [-0.2, 0) is 11.2 Å². The van der Waals surface area contributed by atoms with Gasteiger partial charge in [0, 0.05) is 41.0 Å². The van der Waals surface area contributed by atoms with E-state index in [0.717, 1.165) is 22.6 Å². The molecule has 0 saturated heterocycles.